The van der Waals surface area contributed by atoms with Crippen molar-refractivity contribution in [3.63, 3.8) is 0 Å². The Balaban J connectivity index is 1.67. The number of esters is 1. The molecule has 262 valence electrons. The van der Waals surface area contributed by atoms with E-state index in [1.165, 1.54) is 4.90 Å². The lowest BCUT2D eigenvalue weighted by Crippen LogP contribution is -2.43. The number of phenolic OH excluding ortho intramolecular Hbond substituents is 1. The highest BCUT2D eigenvalue weighted by molar-refractivity contribution is 6.63. The summed E-state index contributed by atoms with van der Waals surface area (Å²) < 4.78 is 29.7. The van der Waals surface area contributed by atoms with E-state index < -0.39 is 42.0 Å². The van der Waals surface area contributed by atoms with E-state index in [0.717, 1.165) is 16.7 Å². The fraction of sp³-hybridized carbons (Fsp3) is 0.447. The van der Waals surface area contributed by atoms with Crippen LogP contribution < -0.4 is 10.2 Å². The first-order valence-corrected chi connectivity index (χ1v) is 16.5. The maximum atomic E-state index is 13.7. The molecule has 10 nitrogen and oxygen atoms in total. The summed E-state index contributed by atoms with van der Waals surface area (Å²) in [5.74, 6) is 0.169. The van der Waals surface area contributed by atoms with Gasteiger partial charge in [-0.15, -0.1) is 0 Å². The lowest BCUT2D eigenvalue weighted by atomic mass is 9.77. The van der Waals surface area contributed by atoms with Crippen LogP contribution in [0.1, 0.15) is 65.2 Å². The van der Waals surface area contributed by atoms with Gasteiger partial charge < -0.3 is 33.5 Å². The number of hydrogen-bond acceptors (Lipinski definition) is 9. The van der Waals surface area contributed by atoms with Crippen LogP contribution in [0, 0.1) is 0 Å². The van der Waals surface area contributed by atoms with Gasteiger partial charge in [-0.3, -0.25) is 4.99 Å². The van der Waals surface area contributed by atoms with Crippen LogP contribution in [0.4, 0.5) is 4.79 Å². The van der Waals surface area contributed by atoms with Crippen molar-refractivity contribution in [2.75, 3.05) is 20.7 Å². The number of nitrogens with zero attached hydrogens (tertiary/aromatic N) is 2. The smallest absolute Gasteiger partial charge is 0.498 e. The maximum Gasteiger partial charge on any atom is 0.498 e. The quantitative estimate of drug-likeness (QED) is 0.144. The molecule has 0 aliphatic carbocycles. The fourth-order valence-electron chi connectivity index (χ4n) is 5.17. The first-order chi connectivity index (χ1) is 23.0. The molecule has 1 fully saturated rings. The molecule has 0 saturated carbocycles. The topological polar surface area (TPSA) is 116 Å². The molecule has 1 aliphatic rings. The highest BCUT2D eigenvalue weighted by Crippen LogP contribution is 2.37. The monoisotopic (exact) mass is 672 g/mol. The Morgan fingerprint density at radius 3 is 2.12 bits per heavy atom. The molecular weight excluding hydrogens is 623 g/mol. The van der Waals surface area contributed by atoms with Crippen molar-refractivity contribution in [3.05, 3.63) is 89.5 Å². The second-order valence-corrected chi connectivity index (χ2v) is 14.3. The Kier molecular flexibility index (Phi) is 11.8. The zero-order valence-electron chi connectivity index (χ0n) is 30.1. The van der Waals surface area contributed by atoms with Crippen molar-refractivity contribution >= 4 is 30.4 Å². The van der Waals surface area contributed by atoms with Gasteiger partial charge in [0.25, 0.3) is 0 Å². The number of rotatable bonds is 12. The third-order valence-corrected chi connectivity index (χ3v) is 8.75. The van der Waals surface area contributed by atoms with E-state index >= 15 is 0 Å². The summed E-state index contributed by atoms with van der Waals surface area (Å²) in [6, 6.07) is 21.3. The minimum atomic E-state index is -0.701. The summed E-state index contributed by atoms with van der Waals surface area (Å²) in [5, 5.41) is 9.82. The molecule has 49 heavy (non-hydrogen) atoms. The Hall–Kier alpha value is -4.35. The van der Waals surface area contributed by atoms with Crippen molar-refractivity contribution in [1.29, 1.82) is 0 Å². The minimum Gasteiger partial charge on any atom is -0.508 e. The molecule has 3 aromatic rings. The number of ether oxygens (including phenoxy) is 3. The third-order valence-electron chi connectivity index (χ3n) is 8.75. The number of carbonyl (C=O) groups excluding carboxylic acids is 2. The average molecular weight is 673 g/mol. The number of amides is 1. The molecule has 1 saturated heterocycles. The largest absolute Gasteiger partial charge is 0.508 e. The molecule has 4 rings (SSSR count). The summed E-state index contributed by atoms with van der Waals surface area (Å²) in [4.78, 5) is 33.2. The second kappa shape index (κ2) is 15.5. The van der Waals surface area contributed by atoms with E-state index in [2.05, 4.69) is 0 Å². The molecule has 1 heterocycles. The fourth-order valence-corrected chi connectivity index (χ4v) is 5.17. The van der Waals surface area contributed by atoms with Crippen LogP contribution in [0.3, 0.4) is 0 Å². The van der Waals surface area contributed by atoms with E-state index in [0.29, 0.717) is 17.6 Å². The Bertz CT molecular complexity index is 1600. The van der Waals surface area contributed by atoms with Crippen LogP contribution in [-0.2, 0) is 43.0 Å². The van der Waals surface area contributed by atoms with Gasteiger partial charge in [-0.25, -0.2) is 9.59 Å². The van der Waals surface area contributed by atoms with Gasteiger partial charge in [0, 0.05) is 18.9 Å². The van der Waals surface area contributed by atoms with Crippen LogP contribution in [-0.4, -0.2) is 78.4 Å². The molecule has 1 amide bonds. The third kappa shape index (κ3) is 10.1. The number of carbonyl (C=O) groups is 2. The predicted molar refractivity (Wildman–Crippen MR) is 191 cm³/mol. The van der Waals surface area contributed by atoms with Crippen molar-refractivity contribution < 1.29 is 38.2 Å². The molecule has 3 aromatic carbocycles. The molecule has 0 aromatic heterocycles. The number of hydrogen-bond donors (Lipinski definition) is 1. The number of benzene rings is 3. The predicted octanol–water partition coefficient (Wildman–Crippen LogP) is 5.91. The zero-order chi connectivity index (χ0) is 36.0. The van der Waals surface area contributed by atoms with Crippen molar-refractivity contribution in [2.45, 2.75) is 90.8 Å². The van der Waals surface area contributed by atoms with Gasteiger partial charge in [0.1, 0.15) is 29.4 Å². The summed E-state index contributed by atoms with van der Waals surface area (Å²) in [6.45, 7) is 13.5. The number of aromatic hydroxyl groups is 1. The number of aliphatic imine (C=N–C) groups is 1. The normalized spacial score (nSPS) is 16.2. The van der Waals surface area contributed by atoms with Crippen LogP contribution in [0.5, 0.6) is 11.5 Å². The minimum absolute atomic E-state index is 0.0786. The molecule has 1 atom stereocenters. The van der Waals surface area contributed by atoms with Crippen molar-refractivity contribution in [2.24, 2.45) is 4.99 Å². The van der Waals surface area contributed by atoms with Crippen molar-refractivity contribution in [3.8, 4) is 11.5 Å². The van der Waals surface area contributed by atoms with E-state index in [1.807, 2.05) is 76.2 Å². The average Bonchev–Trinajstić information content (AvgIpc) is 3.27. The standard InChI is InChI=1S/C38H49BN2O8/c1-36(2,3)47-35(44)41(8)29(21-26-15-18-30(42)19-16-26)24-40-32(34(43)46-25-27-13-11-10-12-14-27)23-28-17-20-33(45-9)31(22-28)39-48-37(4,5)38(6,7)49-39/h10-20,22,29,42H,21,23-25H2,1-9H3. The van der Waals surface area contributed by atoms with Gasteiger partial charge in [0.15, 0.2) is 0 Å². The van der Waals surface area contributed by atoms with Crippen LogP contribution in [0.25, 0.3) is 0 Å². The van der Waals surface area contributed by atoms with Crippen LogP contribution >= 0.6 is 0 Å². The number of likely N-dealkylation sites (N-methyl/N-ethyl adjacent to an activating group) is 1. The molecule has 0 spiro atoms. The molecule has 1 aliphatic heterocycles. The lowest BCUT2D eigenvalue weighted by Gasteiger charge is -2.32. The SMILES string of the molecule is COc1ccc(CC(=NCC(Cc2ccc(O)cc2)N(C)C(=O)OC(C)(C)C)C(=O)OCc2ccccc2)cc1B1OC(C)(C)C(C)(C)O1. The summed E-state index contributed by atoms with van der Waals surface area (Å²) in [7, 11) is 2.57. The van der Waals surface area contributed by atoms with Crippen LogP contribution in [0.2, 0.25) is 0 Å². The van der Waals surface area contributed by atoms with Gasteiger partial charge in [-0.05, 0) is 89.8 Å². The summed E-state index contributed by atoms with van der Waals surface area (Å²) in [5.41, 5.74) is 1.57. The van der Waals surface area contributed by atoms with E-state index in [9.17, 15) is 14.7 Å². The first-order valence-electron chi connectivity index (χ1n) is 16.5. The number of methoxy groups -OCH3 is 1. The Morgan fingerprint density at radius 2 is 1.53 bits per heavy atom. The van der Waals surface area contributed by atoms with E-state index in [4.69, 9.17) is 28.5 Å². The summed E-state index contributed by atoms with van der Waals surface area (Å²) in [6.07, 6.45) is 0.0362. The Morgan fingerprint density at radius 1 is 0.918 bits per heavy atom. The molecule has 11 heteroatoms. The van der Waals surface area contributed by atoms with Gasteiger partial charge in [0.2, 0.25) is 0 Å². The van der Waals surface area contributed by atoms with Crippen LogP contribution in [0.15, 0.2) is 77.8 Å². The molecule has 1 N–H and O–H groups in total. The lowest BCUT2D eigenvalue weighted by molar-refractivity contribution is -0.136. The molecular formula is C38H49BN2O8. The second-order valence-electron chi connectivity index (χ2n) is 14.3. The molecule has 0 bridgehead atoms. The van der Waals surface area contributed by atoms with Gasteiger partial charge in [-0.2, -0.15) is 0 Å². The Labute approximate surface area is 290 Å². The highest BCUT2D eigenvalue weighted by Gasteiger charge is 2.52. The van der Waals surface area contributed by atoms with E-state index in [1.54, 1.807) is 59.2 Å². The molecule has 0 radical (unpaired) electrons. The zero-order valence-corrected chi connectivity index (χ0v) is 30.1. The first kappa shape index (κ1) is 37.5. The van der Waals surface area contributed by atoms with Gasteiger partial charge in [-0.1, -0.05) is 54.6 Å². The maximum absolute atomic E-state index is 13.7. The van der Waals surface area contributed by atoms with Gasteiger partial charge >= 0.3 is 19.2 Å². The summed E-state index contributed by atoms with van der Waals surface area (Å²) >= 11 is 0. The van der Waals surface area contributed by atoms with Crippen molar-refractivity contribution in [1.82, 2.24) is 4.90 Å². The van der Waals surface area contributed by atoms with E-state index in [-0.39, 0.29) is 31.0 Å². The highest BCUT2D eigenvalue weighted by atomic mass is 16.7. The number of phenols is 1. The van der Waals surface area contributed by atoms with Gasteiger partial charge in [0.05, 0.1) is 30.9 Å². The molecule has 1 unspecified atom stereocenters.